The summed E-state index contributed by atoms with van der Waals surface area (Å²) in [4.78, 5) is 39.7. The van der Waals surface area contributed by atoms with Crippen LogP contribution in [0.15, 0.2) is 18.2 Å². The van der Waals surface area contributed by atoms with E-state index < -0.39 is 17.4 Å². The number of rotatable bonds is 8. The molecule has 1 aliphatic rings. The zero-order chi connectivity index (χ0) is 24.1. The average Bonchev–Trinajstić information content (AvgIpc) is 2.72. The second-order valence-corrected chi connectivity index (χ2v) is 8.85. The van der Waals surface area contributed by atoms with E-state index in [1.54, 1.807) is 19.0 Å². The van der Waals surface area contributed by atoms with Gasteiger partial charge in [-0.3, -0.25) is 14.9 Å². The van der Waals surface area contributed by atoms with Crippen LogP contribution in [0.25, 0.3) is 0 Å². The van der Waals surface area contributed by atoms with Crippen LogP contribution in [0.3, 0.4) is 0 Å². The first-order valence-electron chi connectivity index (χ1n) is 10.9. The second-order valence-electron chi connectivity index (χ2n) is 8.85. The van der Waals surface area contributed by atoms with Crippen molar-refractivity contribution in [2.45, 2.75) is 46.1 Å². The van der Waals surface area contributed by atoms with Gasteiger partial charge in [0.15, 0.2) is 0 Å². The van der Waals surface area contributed by atoms with Crippen LogP contribution in [0.2, 0.25) is 0 Å². The maximum atomic E-state index is 12.3. The number of nitrogens with one attached hydrogen (secondary N) is 3. The number of imide groups is 1. The molecule has 1 aromatic carbocycles. The lowest BCUT2D eigenvalue weighted by Gasteiger charge is -2.30. The zero-order valence-electron chi connectivity index (χ0n) is 19.9. The van der Waals surface area contributed by atoms with Crippen molar-refractivity contribution in [3.8, 4) is 0 Å². The summed E-state index contributed by atoms with van der Waals surface area (Å²) in [6, 6.07) is 5.61. The molecule has 3 N–H and O–H groups in total. The average molecular weight is 446 g/mol. The second kappa shape index (κ2) is 10.5. The number of carbonyl (C=O) groups is 3. The highest BCUT2D eigenvalue weighted by atomic mass is 16.6. The largest absolute Gasteiger partial charge is 0.444 e. The SMILES string of the molecule is CCN(CCN(C)C(=O)OC(C)(C)C)c1cccc(C(=N)C2CCC(=O)NC2=O)c1NC. The smallest absolute Gasteiger partial charge is 0.410 e. The Morgan fingerprint density at radius 1 is 1.28 bits per heavy atom. The third-order valence-electron chi connectivity index (χ3n) is 5.30. The number of likely N-dealkylation sites (N-methyl/N-ethyl adjacent to an activating group) is 2. The maximum Gasteiger partial charge on any atom is 0.410 e. The van der Waals surface area contributed by atoms with E-state index in [0.29, 0.717) is 31.6 Å². The predicted octanol–water partition coefficient (Wildman–Crippen LogP) is 2.84. The van der Waals surface area contributed by atoms with Crippen molar-refractivity contribution >= 4 is 35.0 Å². The van der Waals surface area contributed by atoms with Crippen molar-refractivity contribution in [1.29, 1.82) is 5.41 Å². The molecule has 1 heterocycles. The quantitative estimate of drug-likeness (QED) is 0.419. The molecule has 3 amide bonds. The number of hydrogen-bond donors (Lipinski definition) is 3. The zero-order valence-corrected chi connectivity index (χ0v) is 19.9. The Kier molecular flexibility index (Phi) is 8.24. The van der Waals surface area contributed by atoms with Crippen LogP contribution < -0.4 is 15.5 Å². The molecule has 0 saturated carbocycles. The van der Waals surface area contributed by atoms with Crippen molar-refractivity contribution in [3.05, 3.63) is 23.8 Å². The van der Waals surface area contributed by atoms with Crippen molar-refractivity contribution in [3.63, 3.8) is 0 Å². The Balaban J connectivity index is 2.21. The van der Waals surface area contributed by atoms with Crippen LogP contribution in [0.1, 0.15) is 46.1 Å². The van der Waals surface area contributed by atoms with Crippen molar-refractivity contribution < 1.29 is 19.1 Å². The molecule has 0 spiro atoms. The molecular weight excluding hydrogens is 410 g/mol. The van der Waals surface area contributed by atoms with E-state index >= 15 is 0 Å². The highest BCUT2D eigenvalue weighted by Gasteiger charge is 2.32. The number of benzene rings is 1. The van der Waals surface area contributed by atoms with Crippen LogP contribution in [0, 0.1) is 11.3 Å². The summed E-state index contributed by atoms with van der Waals surface area (Å²) in [7, 11) is 3.48. The molecule has 9 nitrogen and oxygen atoms in total. The van der Waals surface area contributed by atoms with Crippen LogP contribution in [-0.4, -0.2) is 67.8 Å². The molecule has 176 valence electrons. The highest BCUT2D eigenvalue weighted by Crippen LogP contribution is 2.32. The first kappa shape index (κ1) is 25.2. The molecule has 1 saturated heterocycles. The van der Waals surface area contributed by atoms with Gasteiger partial charge in [0.2, 0.25) is 11.8 Å². The minimum absolute atomic E-state index is 0.183. The first-order chi connectivity index (χ1) is 15.0. The van der Waals surface area contributed by atoms with E-state index in [0.717, 1.165) is 11.4 Å². The van der Waals surface area contributed by atoms with Gasteiger partial charge >= 0.3 is 6.09 Å². The Morgan fingerprint density at radius 3 is 2.53 bits per heavy atom. The molecule has 32 heavy (non-hydrogen) atoms. The molecule has 1 aliphatic heterocycles. The molecule has 1 unspecified atom stereocenters. The summed E-state index contributed by atoms with van der Waals surface area (Å²) in [5.74, 6) is -1.39. The van der Waals surface area contributed by atoms with Gasteiger partial charge in [-0.1, -0.05) is 12.1 Å². The molecule has 9 heteroatoms. The van der Waals surface area contributed by atoms with Crippen molar-refractivity contribution in [2.24, 2.45) is 5.92 Å². The highest BCUT2D eigenvalue weighted by molar-refractivity contribution is 6.18. The number of para-hydroxylation sites is 1. The van der Waals surface area contributed by atoms with Gasteiger partial charge in [-0.15, -0.1) is 0 Å². The van der Waals surface area contributed by atoms with Gasteiger partial charge in [0.25, 0.3) is 0 Å². The van der Waals surface area contributed by atoms with Gasteiger partial charge < -0.3 is 25.3 Å². The number of ether oxygens (including phenoxy) is 1. The standard InChI is InChI=1S/C23H35N5O4/c1-7-28(14-13-27(6)22(31)32-23(2,3)4)17-10-8-9-15(20(17)25-5)19(24)16-11-12-18(29)26-21(16)30/h8-10,16,24-25H,7,11-14H2,1-6H3,(H,26,29,30). The molecule has 1 fully saturated rings. The minimum atomic E-state index is -0.663. The van der Waals surface area contributed by atoms with Crippen molar-refractivity contribution in [1.82, 2.24) is 10.2 Å². The fourth-order valence-electron chi connectivity index (χ4n) is 3.60. The first-order valence-corrected chi connectivity index (χ1v) is 10.9. The minimum Gasteiger partial charge on any atom is -0.444 e. The third kappa shape index (κ3) is 6.21. The lowest BCUT2D eigenvalue weighted by atomic mass is 9.88. The van der Waals surface area contributed by atoms with Crippen LogP contribution in [0.5, 0.6) is 0 Å². The van der Waals surface area contributed by atoms with Crippen LogP contribution in [-0.2, 0) is 14.3 Å². The van der Waals surface area contributed by atoms with Gasteiger partial charge in [-0.2, -0.15) is 0 Å². The van der Waals surface area contributed by atoms with Gasteiger partial charge in [0.1, 0.15) is 5.60 Å². The van der Waals surface area contributed by atoms with E-state index in [4.69, 9.17) is 10.1 Å². The van der Waals surface area contributed by atoms with Gasteiger partial charge in [0.05, 0.1) is 23.0 Å². The van der Waals surface area contributed by atoms with E-state index in [-0.39, 0.29) is 24.1 Å². The molecule has 0 bridgehead atoms. The summed E-state index contributed by atoms with van der Waals surface area (Å²) in [6.45, 7) is 9.23. The molecule has 2 rings (SSSR count). The van der Waals surface area contributed by atoms with E-state index in [2.05, 4.69) is 15.5 Å². The molecule has 1 aromatic rings. The summed E-state index contributed by atoms with van der Waals surface area (Å²) in [5.41, 5.74) is 1.87. The number of carbonyl (C=O) groups excluding carboxylic acids is 3. The van der Waals surface area contributed by atoms with Gasteiger partial charge in [-0.05, 0) is 40.2 Å². The Labute approximate surface area is 190 Å². The fourth-order valence-corrected chi connectivity index (χ4v) is 3.60. The summed E-state index contributed by atoms with van der Waals surface area (Å²) < 4.78 is 5.42. The lowest BCUT2D eigenvalue weighted by Crippen LogP contribution is -2.44. The van der Waals surface area contributed by atoms with Crippen LogP contribution in [0.4, 0.5) is 16.2 Å². The molecule has 0 radical (unpaired) electrons. The monoisotopic (exact) mass is 445 g/mol. The number of anilines is 2. The fraction of sp³-hybridized carbons (Fsp3) is 0.565. The lowest BCUT2D eigenvalue weighted by molar-refractivity contribution is -0.134. The number of piperidine rings is 1. The van der Waals surface area contributed by atoms with E-state index in [1.165, 1.54) is 0 Å². The number of nitrogens with zero attached hydrogens (tertiary/aromatic N) is 2. The summed E-state index contributed by atoms with van der Waals surface area (Å²) in [5, 5.41) is 14.2. The third-order valence-corrected chi connectivity index (χ3v) is 5.30. The summed E-state index contributed by atoms with van der Waals surface area (Å²) in [6.07, 6.45) is 0.177. The van der Waals surface area contributed by atoms with E-state index in [9.17, 15) is 14.4 Å². The predicted molar refractivity (Wildman–Crippen MR) is 125 cm³/mol. The van der Waals surface area contributed by atoms with E-state index in [1.807, 2.05) is 45.9 Å². The number of amides is 3. The molecule has 1 atom stereocenters. The van der Waals surface area contributed by atoms with Gasteiger partial charge in [0, 0.05) is 45.7 Å². The maximum absolute atomic E-state index is 12.3. The molecule has 0 aromatic heterocycles. The topological polar surface area (TPSA) is 115 Å². The van der Waals surface area contributed by atoms with Crippen LogP contribution >= 0.6 is 0 Å². The summed E-state index contributed by atoms with van der Waals surface area (Å²) >= 11 is 0. The molecular formula is C23H35N5O4. The Hall–Kier alpha value is -3.10. The normalized spacial score (nSPS) is 16.2. The Bertz CT molecular complexity index is 878. The van der Waals surface area contributed by atoms with Gasteiger partial charge in [-0.25, -0.2) is 4.79 Å². The number of hydrogen-bond acceptors (Lipinski definition) is 7. The van der Waals surface area contributed by atoms with Crippen molar-refractivity contribution in [2.75, 3.05) is 43.9 Å². The Morgan fingerprint density at radius 2 is 1.97 bits per heavy atom. The molecule has 0 aliphatic carbocycles.